The van der Waals surface area contributed by atoms with Gasteiger partial charge < -0.3 is 4.74 Å². The number of aryl methyl sites for hydroxylation is 1. The first-order valence-corrected chi connectivity index (χ1v) is 18.4. The van der Waals surface area contributed by atoms with Gasteiger partial charge in [-0.2, -0.15) is 5.10 Å². The fraction of sp³-hybridized carbons (Fsp3) is 0.536. The molecule has 4 aromatic rings. The van der Waals surface area contributed by atoms with Crippen LogP contribution in [0.1, 0.15) is 61.1 Å². The van der Waals surface area contributed by atoms with Gasteiger partial charge in [-0.15, -0.1) is 10.2 Å². The number of nitrogens with zero attached hydrogens (tertiary/aromatic N) is 7. The van der Waals surface area contributed by atoms with Crippen molar-refractivity contribution in [1.29, 1.82) is 0 Å². The zero-order chi connectivity index (χ0) is 26.3. The summed E-state index contributed by atoms with van der Waals surface area (Å²) in [5.41, 5.74) is 5.13. The van der Waals surface area contributed by atoms with Crippen LogP contribution >= 0.6 is 11.3 Å². The van der Waals surface area contributed by atoms with Gasteiger partial charge in [0.1, 0.15) is 17.6 Å². The summed E-state index contributed by atoms with van der Waals surface area (Å²) >= 11 is 1.68. The van der Waals surface area contributed by atoms with Crippen LogP contribution in [0.4, 0.5) is 10.9 Å². The van der Waals surface area contributed by atoms with E-state index in [1.807, 2.05) is 30.1 Å². The summed E-state index contributed by atoms with van der Waals surface area (Å²) in [6.07, 6.45) is 11.5. The van der Waals surface area contributed by atoms with Crippen LogP contribution in [-0.4, -0.2) is 51.4 Å². The van der Waals surface area contributed by atoms with Crippen molar-refractivity contribution in [2.24, 2.45) is 7.05 Å². The number of hydrogen-bond donors (Lipinski definition) is 0. The second-order valence-electron chi connectivity index (χ2n) is 12.0. The van der Waals surface area contributed by atoms with Gasteiger partial charge in [-0.1, -0.05) is 43.8 Å². The molecule has 0 spiro atoms. The maximum absolute atomic E-state index is 6.21. The second kappa shape index (κ2) is 10.5. The molecular formula is C28H37N7OSSi. The molecule has 0 radical (unpaired) electrons. The van der Waals surface area contributed by atoms with Crippen LogP contribution in [0.3, 0.4) is 0 Å². The Morgan fingerprint density at radius 3 is 2.63 bits per heavy atom. The van der Waals surface area contributed by atoms with Gasteiger partial charge in [-0.25, -0.2) is 4.98 Å². The molecule has 200 valence electrons. The number of anilines is 2. The minimum atomic E-state index is -1.18. The Hall–Kier alpha value is -2.69. The van der Waals surface area contributed by atoms with E-state index in [0.29, 0.717) is 18.6 Å². The van der Waals surface area contributed by atoms with Gasteiger partial charge in [0.15, 0.2) is 0 Å². The molecule has 2 fully saturated rings. The quantitative estimate of drug-likeness (QED) is 0.122. The lowest BCUT2D eigenvalue weighted by atomic mass is 10.1. The largest absolute Gasteiger partial charge is 0.361 e. The Bertz CT molecular complexity index is 1420. The first-order chi connectivity index (χ1) is 18.3. The monoisotopic (exact) mass is 547 g/mol. The number of pyridine rings is 2. The summed E-state index contributed by atoms with van der Waals surface area (Å²) in [4.78, 5) is 11.9. The summed E-state index contributed by atoms with van der Waals surface area (Å²) in [6.45, 7) is 8.27. The number of fused-ring (bicyclic) bond motifs is 1. The van der Waals surface area contributed by atoms with E-state index < -0.39 is 8.07 Å². The smallest absolute Gasteiger partial charge is 0.215 e. The van der Waals surface area contributed by atoms with E-state index in [9.17, 15) is 0 Å². The van der Waals surface area contributed by atoms with Gasteiger partial charge in [-0.05, 0) is 49.9 Å². The molecule has 0 aromatic carbocycles. The van der Waals surface area contributed by atoms with Gasteiger partial charge in [0.25, 0.3) is 0 Å². The molecule has 0 atom stereocenters. The molecule has 2 aliphatic rings. The first kappa shape index (κ1) is 25.6. The van der Waals surface area contributed by atoms with Crippen LogP contribution in [0.5, 0.6) is 0 Å². The van der Waals surface area contributed by atoms with Crippen molar-refractivity contribution in [1.82, 2.24) is 29.9 Å². The molecule has 0 amide bonds. The normalized spacial score (nSPS) is 16.5. The van der Waals surface area contributed by atoms with Gasteiger partial charge in [0.05, 0.1) is 16.7 Å². The Morgan fingerprint density at radius 2 is 1.87 bits per heavy atom. The van der Waals surface area contributed by atoms with E-state index in [1.165, 1.54) is 44.2 Å². The van der Waals surface area contributed by atoms with Crippen LogP contribution in [0, 0.1) is 0 Å². The number of ether oxygens (including phenoxy) is 1. The highest BCUT2D eigenvalue weighted by molar-refractivity contribution is 7.15. The third-order valence-corrected chi connectivity index (χ3v) is 10.3. The molecule has 0 aliphatic heterocycles. The average molecular weight is 548 g/mol. The van der Waals surface area contributed by atoms with Crippen molar-refractivity contribution < 1.29 is 4.74 Å². The topological polar surface area (TPSA) is 81.9 Å². The Balaban J connectivity index is 1.32. The zero-order valence-electron chi connectivity index (χ0n) is 22.9. The number of rotatable bonds is 10. The third-order valence-electron chi connectivity index (χ3n) is 7.51. The van der Waals surface area contributed by atoms with E-state index in [4.69, 9.17) is 19.8 Å². The molecule has 38 heavy (non-hydrogen) atoms. The average Bonchev–Trinajstić information content (AvgIpc) is 3.24. The molecule has 8 nitrogen and oxygen atoms in total. The summed E-state index contributed by atoms with van der Waals surface area (Å²) in [5.74, 6) is 1.91. The summed E-state index contributed by atoms with van der Waals surface area (Å²) in [6, 6.07) is 7.33. The standard InChI is InChI=1S/C28H37N7OSSi/c1-34-17-22(26(33-34)19-9-10-19)21-15-24-23(29-16-21)11-12-25(30-24)35(18-36-13-14-38(2,3)4)28-32-31-27(37-28)20-7-5-6-8-20/h11-12,15-17,19-20H,5-10,13-14,18H2,1-4H3. The fourth-order valence-corrected chi connectivity index (χ4v) is 6.87. The van der Waals surface area contributed by atoms with E-state index in [2.05, 4.69) is 47.0 Å². The summed E-state index contributed by atoms with van der Waals surface area (Å²) in [7, 11) is 0.806. The summed E-state index contributed by atoms with van der Waals surface area (Å²) < 4.78 is 8.12. The van der Waals surface area contributed by atoms with E-state index in [-0.39, 0.29) is 0 Å². The van der Waals surface area contributed by atoms with E-state index >= 15 is 0 Å². The Kier molecular flexibility index (Phi) is 7.04. The maximum Gasteiger partial charge on any atom is 0.215 e. The Morgan fingerprint density at radius 1 is 1.05 bits per heavy atom. The van der Waals surface area contributed by atoms with Crippen LogP contribution in [0.15, 0.2) is 30.6 Å². The van der Waals surface area contributed by atoms with Crippen LogP contribution in [0.25, 0.3) is 22.2 Å². The minimum absolute atomic E-state index is 0.407. The number of hydrogen-bond acceptors (Lipinski definition) is 8. The van der Waals surface area contributed by atoms with Crippen molar-refractivity contribution in [3.63, 3.8) is 0 Å². The molecular weight excluding hydrogens is 511 g/mol. The first-order valence-electron chi connectivity index (χ1n) is 13.8. The van der Waals surface area contributed by atoms with Gasteiger partial charge in [0, 0.05) is 57.1 Å². The molecule has 0 saturated heterocycles. The van der Waals surface area contributed by atoms with E-state index in [1.54, 1.807) is 11.3 Å². The van der Waals surface area contributed by atoms with Crippen molar-refractivity contribution >= 4 is 41.4 Å². The van der Waals surface area contributed by atoms with Crippen molar-refractivity contribution in [3.8, 4) is 11.1 Å². The van der Waals surface area contributed by atoms with Crippen LogP contribution in [-0.2, 0) is 11.8 Å². The van der Waals surface area contributed by atoms with Crippen molar-refractivity contribution in [2.75, 3.05) is 18.2 Å². The van der Waals surface area contributed by atoms with Gasteiger partial charge in [0.2, 0.25) is 5.13 Å². The van der Waals surface area contributed by atoms with Crippen LogP contribution < -0.4 is 4.90 Å². The SMILES string of the molecule is Cn1cc(-c2cnc3ccc(N(COCC[Si](C)(C)C)c4nnc(C5CCCC5)s4)nc3c2)c(C2CC2)n1. The molecule has 6 rings (SSSR count). The van der Waals surface area contributed by atoms with Crippen molar-refractivity contribution in [3.05, 3.63) is 41.3 Å². The van der Waals surface area contributed by atoms with Crippen LogP contribution in [0.2, 0.25) is 25.7 Å². The highest BCUT2D eigenvalue weighted by Gasteiger charge is 2.30. The highest BCUT2D eigenvalue weighted by atomic mass is 32.1. The molecule has 2 aliphatic carbocycles. The maximum atomic E-state index is 6.21. The molecule has 2 saturated carbocycles. The number of aromatic nitrogens is 6. The highest BCUT2D eigenvalue weighted by Crippen LogP contribution is 2.44. The predicted octanol–water partition coefficient (Wildman–Crippen LogP) is 6.87. The molecule has 10 heteroatoms. The van der Waals surface area contributed by atoms with Crippen molar-refractivity contribution in [2.45, 2.75) is 76.0 Å². The molecule has 0 unspecified atom stereocenters. The zero-order valence-corrected chi connectivity index (χ0v) is 24.7. The lowest BCUT2D eigenvalue weighted by molar-refractivity contribution is 0.153. The lowest BCUT2D eigenvalue weighted by Crippen LogP contribution is -2.26. The predicted molar refractivity (Wildman–Crippen MR) is 156 cm³/mol. The lowest BCUT2D eigenvalue weighted by Gasteiger charge is -2.22. The van der Waals surface area contributed by atoms with Gasteiger partial charge >= 0.3 is 0 Å². The van der Waals surface area contributed by atoms with E-state index in [0.717, 1.165) is 50.8 Å². The second-order valence-corrected chi connectivity index (χ2v) is 18.6. The van der Waals surface area contributed by atoms with Gasteiger partial charge in [-0.3, -0.25) is 14.6 Å². The fourth-order valence-electron chi connectivity index (χ4n) is 5.11. The minimum Gasteiger partial charge on any atom is -0.361 e. The molecule has 4 heterocycles. The molecule has 4 aromatic heterocycles. The molecule has 0 N–H and O–H groups in total. The Labute approximate surface area is 229 Å². The molecule has 0 bridgehead atoms. The third kappa shape index (κ3) is 5.67. The summed E-state index contributed by atoms with van der Waals surface area (Å²) in [5, 5.41) is 15.9.